The molecule has 1 aromatic rings. The molecule has 11 heteroatoms. The summed E-state index contributed by atoms with van der Waals surface area (Å²) in [5.41, 5.74) is -0.197. The highest BCUT2D eigenvalue weighted by Crippen LogP contribution is 2.33. The van der Waals surface area contributed by atoms with Crippen LogP contribution in [0.1, 0.15) is 65.1 Å². The van der Waals surface area contributed by atoms with Crippen molar-refractivity contribution in [1.82, 2.24) is 15.5 Å². The van der Waals surface area contributed by atoms with E-state index in [4.69, 9.17) is 9.47 Å². The molecule has 1 rings (SSSR count). The molecule has 11 nitrogen and oxygen atoms in total. The van der Waals surface area contributed by atoms with Crippen molar-refractivity contribution in [3.8, 4) is 5.75 Å². The second-order valence-corrected chi connectivity index (χ2v) is 9.48. The zero-order valence-electron chi connectivity index (χ0n) is 22.1. The minimum atomic E-state index is -1.41. The highest BCUT2D eigenvalue weighted by Gasteiger charge is 2.38. The predicted molar refractivity (Wildman–Crippen MR) is 132 cm³/mol. The first-order valence-corrected chi connectivity index (χ1v) is 11.9. The van der Waals surface area contributed by atoms with Crippen molar-refractivity contribution in [2.45, 2.75) is 78.6 Å². The highest BCUT2D eigenvalue weighted by atomic mass is 16.6. The number of aryl methyl sites for hydroxylation is 1. The maximum atomic E-state index is 13.6. The number of phenols is 1. The summed E-state index contributed by atoms with van der Waals surface area (Å²) in [5, 5.41) is 25.6. The van der Waals surface area contributed by atoms with Gasteiger partial charge in [0.2, 0.25) is 11.8 Å². The van der Waals surface area contributed by atoms with E-state index in [-0.39, 0.29) is 30.9 Å². The van der Waals surface area contributed by atoms with Crippen LogP contribution in [0.2, 0.25) is 0 Å². The quantitative estimate of drug-likeness (QED) is 0.330. The lowest BCUT2D eigenvalue weighted by atomic mass is 9.98. The van der Waals surface area contributed by atoms with Gasteiger partial charge in [-0.25, -0.2) is 4.79 Å². The van der Waals surface area contributed by atoms with Gasteiger partial charge in [-0.2, -0.15) is 0 Å². The van der Waals surface area contributed by atoms with Crippen LogP contribution in [0.5, 0.6) is 5.75 Å². The number of aliphatic hydroxyl groups is 1. The molecule has 2 atom stereocenters. The fourth-order valence-corrected chi connectivity index (χ4v) is 3.43. The average Bonchev–Trinajstić information content (AvgIpc) is 2.76. The molecule has 36 heavy (non-hydrogen) atoms. The summed E-state index contributed by atoms with van der Waals surface area (Å²) in [6.07, 6.45) is -0.992. The van der Waals surface area contributed by atoms with Crippen LogP contribution in [0.15, 0.2) is 18.2 Å². The maximum absolute atomic E-state index is 13.6. The van der Waals surface area contributed by atoms with Gasteiger partial charge >= 0.3 is 12.1 Å². The van der Waals surface area contributed by atoms with Crippen LogP contribution in [0.25, 0.3) is 0 Å². The number of carbonyl (C=O) groups is 4. The van der Waals surface area contributed by atoms with E-state index in [0.29, 0.717) is 5.56 Å². The Morgan fingerprint density at radius 2 is 1.78 bits per heavy atom. The number of benzene rings is 1. The fraction of sp³-hybridized carbons (Fsp3) is 0.600. The number of alkyl carbamates (subject to hydrolysis) is 1. The van der Waals surface area contributed by atoms with Gasteiger partial charge in [-0.05, 0) is 54.0 Å². The Kier molecular flexibility index (Phi) is 11.7. The summed E-state index contributed by atoms with van der Waals surface area (Å²) in [7, 11) is 0. The number of aliphatic hydroxyl groups excluding tert-OH is 1. The van der Waals surface area contributed by atoms with Gasteiger partial charge in [0.25, 0.3) is 0 Å². The molecule has 0 aromatic heterocycles. The van der Waals surface area contributed by atoms with Crippen LogP contribution in [0, 0.1) is 6.92 Å². The third kappa shape index (κ3) is 9.03. The number of carbonyl (C=O) groups excluding carboxylic acids is 4. The van der Waals surface area contributed by atoms with Gasteiger partial charge < -0.3 is 35.2 Å². The fourth-order valence-electron chi connectivity index (χ4n) is 3.43. The van der Waals surface area contributed by atoms with Gasteiger partial charge in [0, 0.05) is 18.2 Å². The Bertz CT molecular complexity index is 926. The molecule has 0 saturated carbocycles. The molecule has 0 heterocycles. The van der Waals surface area contributed by atoms with Gasteiger partial charge in [0.15, 0.2) is 0 Å². The minimum absolute atomic E-state index is 0.0551. The third-order valence-corrected chi connectivity index (χ3v) is 5.01. The van der Waals surface area contributed by atoms with Gasteiger partial charge in [-0.3, -0.25) is 14.4 Å². The van der Waals surface area contributed by atoms with Crippen LogP contribution >= 0.6 is 0 Å². The first-order chi connectivity index (χ1) is 16.7. The predicted octanol–water partition coefficient (Wildman–Crippen LogP) is 1.93. The Morgan fingerprint density at radius 3 is 2.31 bits per heavy atom. The molecule has 3 amide bonds. The van der Waals surface area contributed by atoms with Crippen LogP contribution in [-0.2, 0) is 23.9 Å². The lowest BCUT2D eigenvalue weighted by Crippen LogP contribution is -2.56. The smallest absolute Gasteiger partial charge is 0.408 e. The number of rotatable bonds is 11. The molecule has 202 valence electrons. The second-order valence-electron chi connectivity index (χ2n) is 9.48. The molecule has 0 bridgehead atoms. The molecule has 0 radical (unpaired) electrons. The van der Waals surface area contributed by atoms with Crippen LogP contribution in [0.4, 0.5) is 4.79 Å². The molecule has 1 aromatic carbocycles. The number of nitrogens with zero attached hydrogens (tertiary/aromatic N) is 1. The van der Waals surface area contributed by atoms with Gasteiger partial charge in [-0.1, -0.05) is 18.2 Å². The molecule has 4 N–H and O–H groups in total. The highest BCUT2D eigenvalue weighted by molar-refractivity contribution is 5.93. The Morgan fingerprint density at radius 1 is 1.14 bits per heavy atom. The van der Waals surface area contributed by atoms with E-state index in [1.807, 2.05) is 0 Å². The number of amides is 3. The number of aromatic hydroxyl groups is 1. The van der Waals surface area contributed by atoms with Gasteiger partial charge in [0.1, 0.15) is 23.4 Å². The number of esters is 1. The number of hydrogen-bond acceptors (Lipinski definition) is 8. The molecular weight excluding hydrogens is 470 g/mol. The molecule has 0 saturated heterocycles. The second kappa shape index (κ2) is 13.7. The minimum Gasteiger partial charge on any atom is -0.507 e. The van der Waals surface area contributed by atoms with E-state index in [1.165, 1.54) is 11.0 Å². The standard InChI is InChI=1S/C25H39N3O8/c1-8-35-19(30)12-13-26-22(32)20(17-11-9-10-16(4)21(17)31)28(15(2)3)23(33)18(14-29)27-24(34)36-25(5,6)7/h9-11,15,18,20,29,31H,8,12-14H2,1-7H3,(H,26,32)(H,27,34). The number of para-hydroxylation sites is 1. The summed E-state index contributed by atoms with van der Waals surface area (Å²) >= 11 is 0. The van der Waals surface area contributed by atoms with Crippen LogP contribution in [-0.4, -0.2) is 76.4 Å². The van der Waals surface area contributed by atoms with Crippen molar-refractivity contribution in [1.29, 1.82) is 0 Å². The Labute approximate surface area is 212 Å². The summed E-state index contributed by atoms with van der Waals surface area (Å²) in [4.78, 5) is 52.1. The van der Waals surface area contributed by atoms with E-state index >= 15 is 0 Å². The topological polar surface area (TPSA) is 154 Å². The van der Waals surface area contributed by atoms with Crippen LogP contribution in [0.3, 0.4) is 0 Å². The van der Waals surface area contributed by atoms with Crippen LogP contribution < -0.4 is 10.6 Å². The monoisotopic (exact) mass is 509 g/mol. The first kappa shape index (κ1) is 30.7. The maximum Gasteiger partial charge on any atom is 0.408 e. The lowest BCUT2D eigenvalue weighted by Gasteiger charge is -2.37. The largest absolute Gasteiger partial charge is 0.507 e. The van der Waals surface area contributed by atoms with Crippen molar-refractivity contribution in [2.75, 3.05) is 19.8 Å². The molecule has 2 unspecified atom stereocenters. The van der Waals surface area contributed by atoms with Crippen molar-refractivity contribution in [3.05, 3.63) is 29.3 Å². The van der Waals surface area contributed by atoms with Crippen molar-refractivity contribution in [2.24, 2.45) is 0 Å². The zero-order valence-corrected chi connectivity index (χ0v) is 22.1. The SMILES string of the molecule is CCOC(=O)CCNC(=O)C(c1cccc(C)c1O)N(C(=O)C(CO)NC(=O)OC(C)(C)C)C(C)C. The van der Waals surface area contributed by atoms with Crippen molar-refractivity contribution < 1.29 is 38.9 Å². The summed E-state index contributed by atoms with van der Waals surface area (Å²) in [6.45, 7) is 11.0. The number of hydrogen-bond donors (Lipinski definition) is 4. The van der Waals surface area contributed by atoms with E-state index in [2.05, 4.69) is 10.6 Å². The van der Waals surface area contributed by atoms with E-state index in [1.54, 1.807) is 60.6 Å². The van der Waals surface area contributed by atoms with Gasteiger partial charge in [0.05, 0.1) is 19.6 Å². The average molecular weight is 510 g/mol. The van der Waals surface area contributed by atoms with E-state index < -0.39 is 54.2 Å². The molecule has 0 aliphatic rings. The van der Waals surface area contributed by atoms with E-state index in [9.17, 15) is 29.4 Å². The summed E-state index contributed by atoms with van der Waals surface area (Å²) in [6, 6.07) is 1.46. The molecule has 0 aliphatic carbocycles. The Balaban J connectivity index is 3.36. The summed E-state index contributed by atoms with van der Waals surface area (Å²) < 4.78 is 10.1. The molecule has 0 spiro atoms. The normalized spacial score (nSPS) is 12.9. The Hall–Kier alpha value is -3.34. The zero-order chi connectivity index (χ0) is 27.6. The molecular formula is C25H39N3O8. The first-order valence-electron chi connectivity index (χ1n) is 11.9. The molecule has 0 fully saturated rings. The summed E-state index contributed by atoms with van der Waals surface area (Å²) in [5.74, 6) is -2.09. The number of ether oxygens (including phenoxy) is 2. The van der Waals surface area contributed by atoms with Gasteiger partial charge in [-0.15, -0.1) is 0 Å². The van der Waals surface area contributed by atoms with Crippen molar-refractivity contribution in [3.63, 3.8) is 0 Å². The van der Waals surface area contributed by atoms with E-state index in [0.717, 1.165) is 0 Å². The lowest BCUT2D eigenvalue weighted by molar-refractivity contribution is -0.146. The molecule has 0 aliphatic heterocycles. The number of phenolic OH excluding ortho intramolecular Hbond substituents is 1. The van der Waals surface area contributed by atoms with Crippen molar-refractivity contribution >= 4 is 23.9 Å². The third-order valence-electron chi connectivity index (χ3n) is 5.01. The number of nitrogens with one attached hydrogen (secondary N) is 2.